The highest BCUT2D eigenvalue weighted by atomic mass is 16.5. The molecule has 3 aliphatic rings. The number of rotatable bonds is 18. The molecule has 0 radical (unpaired) electrons. The molecule has 0 aromatic heterocycles. The maximum Gasteiger partial charge on any atom is 0.312 e. The Bertz CT molecular complexity index is 793. The van der Waals surface area contributed by atoms with Gasteiger partial charge in [-0.25, -0.2) is 0 Å². The third-order valence-electron chi connectivity index (χ3n) is 11.5. The van der Waals surface area contributed by atoms with Crippen LogP contribution in [-0.4, -0.2) is 12.6 Å². The van der Waals surface area contributed by atoms with Crippen molar-refractivity contribution >= 4 is 5.97 Å². The lowest BCUT2D eigenvalue weighted by molar-refractivity contribution is -0.170. The van der Waals surface area contributed by atoms with Crippen LogP contribution in [0.25, 0.3) is 0 Å². The third kappa shape index (κ3) is 9.22. The second-order valence-electron chi connectivity index (χ2n) is 14.8. The van der Waals surface area contributed by atoms with Crippen LogP contribution in [0.15, 0.2) is 23.8 Å². The van der Waals surface area contributed by atoms with E-state index >= 15 is 0 Å². The Balaban J connectivity index is 1.29. The first-order chi connectivity index (χ1) is 19.3. The zero-order valence-corrected chi connectivity index (χ0v) is 27.4. The maximum atomic E-state index is 13.5. The first-order valence-corrected chi connectivity index (χ1v) is 17.8. The monoisotopic (exact) mass is 555 g/mol. The van der Waals surface area contributed by atoms with Gasteiger partial charge in [0.15, 0.2) is 0 Å². The van der Waals surface area contributed by atoms with E-state index in [1.165, 1.54) is 116 Å². The quantitative estimate of drug-likeness (QED) is 0.0956. The molecule has 0 aliphatic heterocycles. The Morgan fingerprint density at radius 3 is 2.17 bits per heavy atom. The Labute approximate surface area is 249 Å². The molecule has 3 rings (SSSR count). The lowest BCUT2D eigenvalue weighted by atomic mass is 9.46. The van der Waals surface area contributed by atoms with Crippen molar-refractivity contribution in [3.05, 3.63) is 23.8 Å². The highest BCUT2D eigenvalue weighted by Crippen LogP contribution is 2.63. The second-order valence-corrected chi connectivity index (χ2v) is 14.8. The number of allylic oxidation sites excluding steroid dienone is 4. The predicted molar refractivity (Wildman–Crippen MR) is 172 cm³/mol. The summed E-state index contributed by atoms with van der Waals surface area (Å²) in [6.07, 6.45) is 34.1. The molecule has 2 unspecified atom stereocenters. The van der Waals surface area contributed by atoms with Gasteiger partial charge in [0.2, 0.25) is 0 Å². The summed E-state index contributed by atoms with van der Waals surface area (Å²) in [7, 11) is 0. The van der Waals surface area contributed by atoms with Crippen molar-refractivity contribution in [3.63, 3.8) is 0 Å². The highest BCUT2D eigenvalue weighted by Gasteiger charge is 2.58. The summed E-state index contributed by atoms with van der Waals surface area (Å²) in [4.78, 5) is 13.5. The second kappa shape index (κ2) is 17.2. The van der Waals surface area contributed by atoms with Gasteiger partial charge in [0.25, 0.3) is 0 Å². The molecule has 0 N–H and O–H groups in total. The molecule has 0 aromatic carbocycles. The molecule has 0 aromatic rings. The smallest absolute Gasteiger partial charge is 0.312 e. The van der Waals surface area contributed by atoms with Crippen molar-refractivity contribution in [2.45, 2.75) is 169 Å². The molecule has 2 saturated carbocycles. The summed E-state index contributed by atoms with van der Waals surface area (Å²) in [5, 5.41) is 0. The minimum Gasteiger partial charge on any atom is -0.465 e. The standard InChI is InChI=1S/C38H66O2/c1-6-7-8-9-10-11-12-13-14-15-16-17-18-19-20-21-29-40-36(39)38(5)28-22-27-37(4)34-25-23-32(31(2)3)30-33(34)24-26-35(37)38/h13-14,24,31-32,34-35H,6-12,15-23,25-30H2,1-5H3/b14-13-/t32?,34-,35?,37+,38+/m0/s1. The van der Waals surface area contributed by atoms with Crippen LogP contribution in [0.3, 0.4) is 0 Å². The van der Waals surface area contributed by atoms with Gasteiger partial charge >= 0.3 is 5.97 Å². The van der Waals surface area contributed by atoms with Gasteiger partial charge in [-0.3, -0.25) is 4.79 Å². The van der Waals surface area contributed by atoms with E-state index in [4.69, 9.17) is 4.74 Å². The number of unbranched alkanes of at least 4 members (excludes halogenated alkanes) is 12. The van der Waals surface area contributed by atoms with Gasteiger partial charge in [0.1, 0.15) is 0 Å². The Morgan fingerprint density at radius 2 is 1.52 bits per heavy atom. The molecule has 0 saturated heterocycles. The molecular weight excluding hydrogens is 488 g/mol. The Morgan fingerprint density at radius 1 is 0.900 bits per heavy atom. The van der Waals surface area contributed by atoms with Crippen LogP contribution >= 0.6 is 0 Å². The van der Waals surface area contributed by atoms with Crippen molar-refractivity contribution in [1.82, 2.24) is 0 Å². The largest absolute Gasteiger partial charge is 0.465 e. The summed E-state index contributed by atoms with van der Waals surface area (Å²) in [5.41, 5.74) is 1.68. The molecule has 2 fully saturated rings. The summed E-state index contributed by atoms with van der Waals surface area (Å²) < 4.78 is 6.01. The summed E-state index contributed by atoms with van der Waals surface area (Å²) >= 11 is 0. The number of fused-ring (bicyclic) bond motifs is 3. The van der Waals surface area contributed by atoms with Crippen molar-refractivity contribution in [2.24, 2.45) is 34.5 Å². The molecule has 2 heteroatoms. The van der Waals surface area contributed by atoms with Gasteiger partial charge in [-0.05, 0) is 107 Å². The lowest BCUT2D eigenvalue weighted by Gasteiger charge is -2.58. The van der Waals surface area contributed by atoms with E-state index in [1.807, 2.05) is 0 Å². The van der Waals surface area contributed by atoms with Gasteiger partial charge in [-0.15, -0.1) is 0 Å². The van der Waals surface area contributed by atoms with Gasteiger partial charge in [-0.2, -0.15) is 0 Å². The van der Waals surface area contributed by atoms with E-state index in [-0.39, 0.29) is 16.8 Å². The number of ether oxygens (including phenoxy) is 1. The molecule has 3 aliphatic carbocycles. The van der Waals surface area contributed by atoms with Gasteiger partial charge in [0.05, 0.1) is 12.0 Å². The van der Waals surface area contributed by atoms with Crippen molar-refractivity contribution < 1.29 is 9.53 Å². The molecular formula is C38H66O2. The fourth-order valence-corrected chi connectivity index (χ4v) is 8.71. The number of hydrogen-bond donors (Lipinski definition) is 0. The van der Waals surface area contributed by atoms with E-state index in [1.54, 1.807) is 5.57 Å². The first-order valence-electron chi connectivity index (χ1n) is 17.8. The third-order valence-corrected chi connectivity index (χ3v) is 11.5. The lowest BCUT2D eigenvalue weighted by Crippen LogP contribution is -2.54. The molecule has 0 bridgehead atoms. The van der Waals surface area contributed by atoms with Crippen molar-refractivity contribution in [2.75, 3.05) is 6.61 Å². The summed E-state index contributed by atoms with van der Waals surface area (Å²) in [6, 6.07) is 0. The van der Waals surface area contributed by atoms with E-state index in [9.17, 15) is 4.79 Å². The number of carbonyl (C=O) groups is 1. The summed E-state index contributed by atoms with van der Waals surface area (Å²) in [5.74, 6) is 2.85. The number of esters is 1. The van der Waals surface area contributed by atoms with Crippen LogP contribution in [0.5, 0.6) is 0 Å². The number of carbonyl (C=O) groups excluding carboxylic acids is 1. The van der Waals surface area contributed by atoms with Crippen LogP contribution in [0.1, 0.15) is 169 Å². The topological polar surface area (TPSA) is 26.3 Å². The van der Waals surface area contributed by atoms with E-state index in [0.29, 0.717) is 18.4 Å². The van der Waals surface area contributed by atoms with Crippen LogP contribution in [-0.2, 0) is 9.53 Å². The van der Waals surface area contributed by atoms with E-state index in [2.05, 4.69) is 52.8 Å². The molecule has 0 heterocycles. The van der Waals surface area contributed by atoms with Gasteiger partial charge in [-0.1, -0.05) is 116 Å². The van der Waals surface area contributed by atoms with Crippen molar-refractivity contribution in [1.29, 1.82) is 0 Å². The molecule has 2 nitrogen and oxygen atoms in total. The fraction of sp³-hybridized carbons (Fsp3) is 0.868. The zero-order valence-electron chi connectivity index (χ0n) is 27.4. The average Bonchev–Trinajstić information content (AvgIpc) is 2.94. The SMILES string of the molecule is CCCCCCCC/C=C\CCCCCCCCOC(=O)[C@]1(C)CCC[C@@]2(C)C1CC=C1CC(C(C)C)CC[C@@H]12. The maximum absolute atomic E-state index is 13.5. The minimum atomic E-state index is -0.313. The molecule has 230 valence electrons. The predicted octanol–water partition coefficient (Wildman–Crippen LogP) is 11.8. The molecule has 0 amide bonds. The van der Waals surface area contributed by atoms with Crippen LogP contribution in [0.2, 0.25) is 0 Å². The average molecular weight is 555 g/mol. The van der Waals surface area contributed by atoms with Crippen LogP contribution in [0, 0.1) is 34.5 Å². The Kier molecular flexibility index (Phi) is 14.4. The molecule has 40 heavy (non-hydrogen) atoms. The normalized spacial score (nSPS) is 30.2. The fourth-order valence-electron chi connectivity index (χ4n) is 8.71. The minimum absolute atomic E-state index is 0.101. The zero-order chi connectivity index (χ0) is 28.8. The number of hydrogen-bond acceptors (Lipinski definition) is 2. The van der Waals surface area contributed by atoms with Gasteiger partial charge in [0, 0.05) is 0 Å². The van der Waals surface area contributed by atoms with Crippen LogP contribution < -0.4 is 0 Å². The molecule has 0 spiro atoms. The summed E-state index contributed by atoms with van der Waals surface area (Å²) in [6.45, 7) is 12.5. The molecule has 5 atom stereocenters. The van der Waals surface area contributed by atoms with E-state index < -0.39 is 0 Å². The highest BCUT2D eigenvalue weighted by molar-refractivity contribution is 5.77. The first kappa shape index (κ1) is 33.5. The van der Waals surface area contributed by atoms with Crippen LogP contribution in [0.4, 0.5) is 0 Å². The van der Waals surface area contributed by atoms with E-state index in [0.717, 1.165) is 31.1 Å². The Hall–Kier alpha value is -1.05. The van der Waals surface area contributed by atoms with Crippen molar-refractivity contribution in [3.8, 4) is 0 Å². The van der Waals surface area contributed by atoms with Gasteiger partial charge < -0.3 is 4.74 Å².